The highest BCUT2D eigenvalue weighted by Gasteiger charge is 2.29. The lowest BCUT2D eigenvalue weighted by Gasteiger charge is -2.32. The number of hydrogen-bond donors (Lipinski definition) is 1. The van der Waals surface area contributed by atoms with Gasteiger partial charge in [-0.2, -0.15) is 0 Å². The van der Waals surface area contributed by atoms with Crippen molar-refractivity contribution >= 4 is 5.82 Å². The van der Waals surface area contributed by atoms with E-state index in [-0.39, 0.29) is 0 Å². The van der Waals surface area contributed by atoms with E-state index >= 15 is 0 Å². The predicted octanol–water partition coefficient (Wildman–Crippen LogP) is 2.30. The second-order valence-electron chi connectivity index (χ2n) is 7.30. The Morgan fingerprint density at radius 1 is 1.17 bits per heavy atom. The molecular formula is C18H31N5. The second-order valence-corrected chi connectivity index (χ2v) is 7.30. The molecule has 0 bridgehead atoms. The molecule has 5 heteroatoms. The van der Waals surface area contributed by atoms with E-state index in [0.717, 1.165) is 37.6 Å². The highest BCUT2D eigenvalue weighted by molar-refractivity contribution is 5.40. The number of likely N-dealkylation sites (tertiary alicyclic amines) is 1. The van der Waals surface area contributed by atoms with Crippen LogP contribution < -0.4 is 10.6 Å². The number of aromatic nitrogens is 2. The Labute approximate surface area is 140 Å². The van der Waals surface area contributed by atoms with E-state index < -0.39 is 0 Å². The van der Waals surface area contributed by atoms with Gasteiger partial charge in [0.15, 0.2) is 0 Å². The Bertz CT molecular complexity index is 504. The van der Waals surface area contributed by atoms with E-state index in [2.05, 4.69) is 32.9 Å². The fraction of sp³-hybridized carbons (Fsp3) is 0.778. The number of anilines is 1. The van der Waals surface area contributed by atoms with Crippen LogP contribution in [0.2, 0.25) is 0 Å². The first kappa shape index (κ1) is 16.7. The van der Waals surface area contributed by atoms with Crippen molar-refractivity contribution in [3.8, 4) is 0 Å². The fourth-order valence-corrected chi connectivity index (χ4v) is 3.65. The Balaban J connectivity index is 1.58. The van der Waals surface area contributed by atoms with E-state index in [1.165, 1.54) is 44.5 Å². The first-order valence-corrected chi connectivity index (χ1v) is 9.16. The third kappa shape index (κ3) is 4.42. The molecule has 2 fully saturated rings. The Morgan fingerprint density at radius 3 is 2.52 bits per heavy atom. The third-order valence-electron chi connectivity index (χ3n) is 5.28. The lowest BCUT2D eigenvalue weighted by Crippen LogP contribution is -2.36. The molecule has 0 unspecified atom stereocenters. The number of nitrogens with two attached hydrogens (primary N) is 1. The van der Waals surface area contributed by atoms with Crippen molar-refractivity contribution in [3.05, 3.63) is 17.6 Å². The molecule has 0 radical (unpaired) electrons. The molecule has 0 amide bonds. The molecule has 5 nitrogen and oxygen atoms in total. The van der Waals surface area contributed by atoms with E-state index in [1.54, 1.807) is 0 Å². The number of rotatable bonds is 5. The molecule has 128 valence electrons. The molecule has 2 heterocycles. The van der Waals surface area contributed by atoms with Crippen LogP contribution in [-0.2, 0) is 0 Å². The van der Waals surface area contributed by atoms with Crippen molar-refractivity contribution in [2.24, 2.45) is 5.73 Å². The summed E-state index contributed by atoms with van der Waals surface area (Å²) in [5, 5.41) is 0. The molecule has 1 aromatic rings. The van der Waals surface area contributed by atoms with Crippen LogP contribution >= 0.6 is 0 Å². The van der Waals surface area contributed by atoms with E-state index in [0.29, 0.717) is 12.0 Å². The molecule has 1 saturated heterocycles. The molecule has 0 atom stereocenters. The van der Waals surface area contributed by atoms with E-state index in [1.807, 2.05) is 6.92 Å². The summed E-state index contributed by atoms with van der Waals surface area (Å²) >= 11 is 0. The molecule has 23 heavy (non-hydrogen) atoms. The molecular weight excluding hydrogens is 286 g/mol. The highest BCUT2D eigenvalue weighted by Crippen LogP contribution is 2.35. The lowest BCUT2D eigenvalue weighted by atomic mass is 9.78. The minimum atomic E-state index is 0.361. The molecule has 1 aliphatic heterocycles. The summed E-state index contributed by atoms with van der Waals surface area (Å²) in [4.78, 5) is 14.2. The van der Waals surface area contributed by atoms with Crippen molar-refractivity contribution in [3.63, 3.8) is 0 Å². The van der Waals surface area contributed by atoms with Gasteiger partial charge in [0.05, 0.1) is 0 Å². The van der Waals surface area contributed by atoms with Gasteiger partial charge in [0.25, 0.3) is 0 Å². The fourth-order valence-electron chi connectivity index (χ4n) is 3.65. The zero-order valence-electron chi connectivity index (χ0n) is 14.7. The maximum absolute atomic E-state index is 5.93. The molecule has 1 saturated carbocycles. The molecule has 0 aromatic carbocycles. The summed E-state index contributed by atoms with van der Waals surface area (Å²) in [7, 11) is 2.15. The van der Waals surface area contributed by atoms with Crippen LogP contribution in [0.4, 0.5) is 5.82 Å². The summed E-state index contributed by atoms with van der Waals surface area (Å²) in [6, 6.07) is 2.53. The summed E-state index contributed by atoms with van der Waals surface area (Å²) in [5.74, 6) is 2.46. The molecule has 2 aliphatic rings. The van der Waals surface area contributed by atoms with E-state index in [4.69, 9.17) is 5.73 Å². The van der Waals surface area contributed by atoms with Gasteiger partial charge in [-0.15, -0.1) is 0 Å². The summed E-state index contributed by atoms with van der Waals surface area (Å²) < 4.78 is 0. The van der Waals surface area contributed by atoms with Crippen molar-refractivity contribution < 1.29 is 0 Å². The van der Waals surface area contributed by atoms with Crippen molar-refractivity contribution in [1.29, 1.82) is 0 Å². The molecule has 1 aliphatic carbocycles. The SMILES string of the molecule is Cc1nc(C2CC(N)C2)cc(N(C)CCN2CCCCCC2)n1. The van der Waals surface area contributed by atoms with Gasteiger partial charge in [-0.25, -0.2) is 9.97 Å². The Morgan fingerprint density at radius 2 is 1.87 bits per heavy atom. The Hall–Kier alpha value is -1.20. The normalized spacial score (nSPS) is 25.7. The molecule has 0 spiro atoms. The average molecular weight is 317 g/mol. The molecule has 2 N–H and O–H groups in total. The van der Waals surface area contributed by atoms with Crippen LogP contribution in [0.3, 0.4) is 0 Å². The van der Waals surface area contributed by atoms with Gasteiger partial charge in [0, 0.05) is 43.9 Å². The number of aryl methyl sites for hydroxylation is 1. The maximum atomic E-state index is 5.93. The van der Waals surface area contributed by atoms with Crippen LogP contribution in [0, 0.1) is 6.92 Å². The topological polar surface area (TPSA) is 58.3 Å². The van der Waals surface area contributed by atoms with Crippen molar-refractivity contribution in [2.75, 3.05) is 38.1 Å². The summed E-state index contributed by atoms with van der Waals surface area (Å²) in [6.07, 6.45) is 7.61. The first-order valence-electron chi connectivity index (χ1n) is 9.16. The monoisotopic (exact) mass is 317 g/mol. The summed E-state index contributed by atoms with van der Waals surface area (Å²) in [6.45, 7) is 6.65. The summed E-state index contributed by atoms with van der Waals surface area (Å²) in [5.41, 5.74) is 7.10. The predicted molar refractivity (Wildman–Crippen MR) is 94.9 cm³/mol. The number of likely N-dealkylation sites (N-methyl/N-ethyl adjacent to an activating group) is 1. The number of nitrogens with zero attached hydrogens (tertiary/aromatic N) is 4. The molecule has 1 aromatic heterocycles. The van der Waals surface area contributed by atoms with Gasteiger partial charge < -0.3 is 15.5 Å². The zero-order valence-corrected chi connectivity index (χ0v) is 14.7. The zero-order chi connectivity index (χ0) is 16.2. The standard InChI is InChI=1S/C18H31N5/c1-14-20-17(15-11-16(19)12-15)13-18(21-14)22(2)9-10-23-7-5-3-4-6-8-23/h13,15-16H,3-12,19H2,1-2H3. The molecule has 3 rings (SSSR count). The van der Waals surface area contributed by atoms with E-state index in [9.17, 15) is 0 Å². The highest BCUT2D eigenvalue weighted by atomic mass is 15.2. The van der Waals surface area contributed by atoms with Crippen molar-refractivity contribution in [1.82, 2.24) is 14.9 Å². The van der Waals surface area contributed by atoms with Gasteiger partial charge >= 0.3 is 0 Å². The van der Waals surface area contributed by atoms with Gasteiger partial charge in [-0.1, -0.05) is 12.8 Å². The Kier molecular flexibility index (Phi) is 5.49. The minimum absolute atomic E-state index is 0.361. The number of hydrogen-bond acceptors (Lipinski definition) is 5. The third-order valence-corrected chi connectivity index (χ3v) is 5.28. The average Bonchev–Trinajstić information content (AvgIpc) is 2.77. The van der Waals surface area contributed by atoms with Gasteiger partial charge in [-0.05, 0) is 45.7 Å². The first-order chi connectivity index (χ1) is 11.1. The van der Waals surface area contributed by atoms with Gasteiger partial charge in [-0.3, -0.25) is 0 Å². The minimum Gasteiger partial charge on any atom is -0.358 e. The van der Waals surface area contributed by atoms with Gasteiger partial charge in [0.1, 0.15) is 11.6 Å². The second kappa shape index (κ2) is 7.58. The quantitative estimate of drug-likeness (QED) is 0.903. The van der Waals surface area contributed by atoms with Crippen LogP contribution in [0.25, 0.3) is 0 Å². The van der Waals surface area contributed by atoms with Crippen LogP contribution in [0.1, 0.15) is 56.0 Å². The van der Waals surface area contributed by atoms with Crippen LogP contribution in [-0.4, -0.2) is 54.1 Å². The maximum Gasteiger partial charge on any atom is 0.132 e. The smallest absolute Gasteiger partial charge is 0.132 e. The largest absolute Gasteiger partial charge is 0.358 e. The van der Waals surface area contributed by atoms with Crippen LogP contribution in [0.5, 0.6) is 0 Å². The van der Waals surface area contributed by atoms with Gasteiger partial charge in [0.2, 0.25) is 0 Å². The lowest BCUT2D eigenvalue weighted by molar-refractivity contribution is 0.291. The van der Waals surface area contributed by atoms with Crippen LogP contribution in [0.15, 0.2) is 6.07 Å². The van der Waals surface area contributed by atoms with Crippen molar-refractivity contribution in [2.45, 2.75) is 57.4 Å².